The molecule has 0 fully saturated rings. The maximum absolute atomic E-state index is 13.0. The second-order valence-corrected chi connectivity index (χ2v) is 9.35. The molecule has 0 bridgehead atoms. The number of carbonyl (C=O) groups excluding carboxylic acids is 3. The van der Waals surface area contributed by atoms with E-state index in [2.05, 4.69) is 32.0 Å². The van der Waals surface area contributed by atoms with Gasteiger partial charge in [-0.15, -0.1) is 0 Å². The minimum absolute atomic E-state index is 0.123. The van der Waals surface area contributed by atoms with Crippen LogP contribution in [0.25, 0.3) is 10.9 Å². The number of fused-ring (bicyclic) bond motifs is 1. The summed E-state index contributed by atoms with van der Waals surface area (Å²) >= 11 is 15.4. The molecule has 0 aliphatic carbocycles. The number of aromatic nitrogens is 1. The molecule has 0 unspecified atom stereocenters. The number of benzene rings is 2. The fraction of sp³-hybridized carbons (Fsp3) is 0.227. The van der Waals surface area contributed by atoms with Gasteiger partial charge in [0.1, 0.15) is 5.69 Å². The van der Waals surface area contributed by atoms with Gasteiger partial charge in [-0.05, 0) is 54.8 Å². The van der Waals surface area contributed by atoms with E-state index >= 15 is 0 Å². The molecule has 3 N–H and O–H groups in total. The number of halogens is 3. The molecule has 10 heteroatoms. The molecule has 2 aromatic carbocycles. The van der Waals surface area contributed by atoms with Gasteiger partial charge in [-0.25, -0.2) is 4.68 Å². The molecule has 32 heavy (non-hydrogen) atoms. The lowest BCUT2D eigenvalue weighted by atomic mass is 10.1. The number of hydrogen-bond donors (Lipinski definition) is 3. The highest BCUT2D eigenvalue weighted by atomic mass is 79.9. The standard InChI is InChI=1S/C22H21BrCl2N4O3/c1-12(2)5-6-26-21(31)22(32)28-29-18-4-3-14(23)7-13(18)8-19(29)20(30)27-17-10-15(24)9-16(25)11-17/h3-4,7-12H,5-6H2,1-2H3,(H,26,31)(H,27,30)(H,28,32). The Balaban J connectivity index is 1.89. The molecule has 1 aromatic heterocycles. The van der Waals surface area contributed by atoms with Gasteiger partial charge in [0.15, 0.2) is 0 Å². The Labute approximate surface area is 203 Å². The third kappa shape index (κ3) is 6.03. The second kappa shape index (κ2) is 10.4. The minimum Gasteiger partial charge on any atom is -0.348 e. The first-order valence-electron chi connectivity index (χ1n) is 9.81. The van der Waals surface area contributed by atoms with E-state index in [0.29, 0.717) is 39.1 Å². The lowest BCUT2D eigenvalue weighted by Crippen LogP contribution is -2.40. The number of nitrogens with zero attached hydrogens (tertiary/aromatic N) is 1. The fourth-order valence-electron chi connectivity index (χ4n) is 3.00. The van der Waals surface area contributed by atoms with Crippen LogP contribution in [0, 0.1) is 5.92 Å². The number of carbonyl (C=O) groups is 3. The van der Waals surface area contributed by atoms with Crippen molar-refractivity contribution < 1.29 is 14.4 Å². The van der Waals surface area contributed by atoms with Crippen molar-refractivity contribution in [1.82, 2.24) is 9.99 Å². The average molecular weight is 540 g/mol. The Hall–Kier alpha value is -2.55. The Morgan fingerprint density at radius 3 is 2.34 bits per heavy atom. The Bertz CT molecular complexity index is 1170. The van der Waals surface area contributed by atoms with Crippen LogP contribution in [-0.4, -0.2) is 28.9 Å². The Morgan fingerprint density at radius 2 is 1.69 bits per heavy atom. The van der Waals surface area contributed by atoms with Crippen LogP contribution in [0.4, 0.5) is 5.69 Å². The molecule has 0 saturated carbocycles. The molecular formula is C22H21BrCl2N4O3. The van der Waals surface area contributed by atoms with Crippen molar-refractivity contribution >= 4 is 73.4 Å². The third-order valence-electron chi connectivity index (χ3n) is 4.54. The quantitative estimate of drug-likeness (QED) is 0.376. The molecule has 0 aliphatic rings. The molecule has 3 rings (SSSR count). The molecule has 7 nitrogen and oxygen atoms in total. The van der Waals surface area contributed by atoms with Gasteiger partial charge in [0.2, 0.25) is 0 Å². The van der Waals surface area contributed by atoms with Crippen molar-refractivity contribution in [1.29, 1.82) is 0 Å². The molecule has 3 aromatic rings. The fourth-order valence-corrected chi connectivity index (χ4v) is 3.91. The summed E-state index contributed by atoms with van der Waals surface area (Å²) in [6.45, 7) is 4.43. The Morgan fingerprint density at radius 1 is 1.00 bits per heavy atom. The maximum Gasteiger partial charge on any atom is 0.328 e. The van der Waals surface area contributed by atoms with Crippen LogP contribution in [0.1, 0.15) is 30.8 Å². The highest BCUT2D eigenvalue weighted by molar-refractivity contribution is 9.10. The zero-order valence-corrected chi connectivity index (χ0v) is 20.4. The van der Waals surface area contributed by atoms with Gasteiger partial charge in [0, 0.05) is 32.1 Å². The monoisotopic (exact) mass is 538 g/mol. The first-order chi connectivity index (χ1) is 15.1. The van der Waals surface area contributed by atoms with Gasteiger partial charge in [-0.3, -0.25) is 19.8 Å². The van der Waals surface area contributed by atoms with Crippen LogP contribution in [0.15, 0.2) is 46.9 Å². The van der Waals surface area contributed by atoms with Crippen molar-refractivity contribution in [2.24, 2.45) is 5.92 Å². The van der Waals surface area contributed by atoms with E-state index in [9.17, 15) is 14.4 Å². The lowest BCUT2D eigenvalue weighted by molar-refractivity contribution is -0.136. The second-order valence-electron chi connectivity index (χ2n) is 7.56. The van der Waals surface area contributed by atoms with Gasteiger partial charge >= 0.3 is 11.8 Å². The summed E-state index contributed by atoms with van der Waals surface area (Å²) in [6, 6.07) is 11.6. The summed E-state index contributed by atoms with van der Waals surface area (Å²) in [5.41, 5.74) is 3.58. The number of amides is 3. The van der Waals surface area contributed by atoms with Gasteiger partial charge in [-0.2, -0.15) is 0 Å². The van der Waals surface area contributed by atoms with E-state index in [4.69, 9.17) is 23.2 Å². The van der Waals surface area contributed by atoms with E-state index in [1.54, 1.807) is 42.5 Å². The van der Waals surface area contributed by atoms with Crippen molar-refractivity contribution in [2.75, 3.05) is 17.3 Å². The predicted molar refractivity (Wildman–Crippen MR) is 131 cm³/mol. The smallest absolute Gasteiger partial charge is 0.328 e. The van der Waals surface area contributed by atoms with E-state index in [1.165, 1.54) is 4.68 Å². The highest BCUT2D eigenvalue weighted by Gasteiger charge is 2.21. The summed E-state index contributed by atoms with van der Waals surface area (Å²) in [5, 5.41) is 6.71. The molecule has 1 heterocycles. The first-order valence-corrected chi connectivity index (χ1v) is 11.4. The molecule has 0 saturated heterocycles. The first kappa shape index (κ1) is 24.1. The zero-order chi connectivity index (χ0) is 23.4. The molecular weight excluding hydrogens is 519 g/mol. The van der Waals surface area contributed by atoms with Gasteiger partial charge < -0.3 is 10.6 Å². The largest absolute Gasteiger partial charge is 0.348 e. The van der Waals surface area contributed by atoms with E-state index in [0.717, 1.165) is 10.9 Å². The van der Waals surface area contributed by atoms with Crippen LogP contribution < -0.4 is 16.1 Å². The van der Waals surface area contributed by atoms with Gasteiger partial charge in [0.05, 0.1) is 5.52 Å². The van der Waals surface area contributed by atoms with Crippen LogP contribution in [0.3, 0.4) is 0 Å². The summed E-state index contributed by atoms with van der Waals surface area (Å²) in [6.07, 6.45) is 0.745. The van der Waals surface area contributed by atoms with Crippen molar-refractivity contribution in [2.45, 2.75) is 20.3 Å². The molecule has 0 aliphatic heterocycles. The lowest BCUT2D eigenvalue weighted by Gasteiger charge is -2.13. The number of nitrogens with one attached hydrogen (secondary N) is 3. The third-order valence-corrected chi connectivity index (χ3v) is 5.47. The molecule has 0 radical (unpaired) electrons. The van der Waals surface area contributed by atoms with Gasteiger partial charge in [-0.1, -0.05) is 53.0 Å². The number of hydrogen-bond acceptors (Lipinski definition) is 3. The van der Waals surface area contributed by atoms with E-state index < -0.39 is 17.7 Å². The normalized spacial score (nSPS) is 10.9. The summed E-state index contributed by atoms with van der Waals surface area (Å²) in [4.78, 5) is 37.7. The number of rotatable bonds is 6. The zero-order valence-electron chi connectivity index (χ0n) is 17.3. The molecule has 168 valence electrons. The average Bonchev–Trinajstić information content (AvgIpc) is 3.04. The molecule has 0 atom stereocenters. The van der Waals surface area contributed by atoms with E-state index in [-0.39, 0.29) is 5.69 Å². The topological polar surface area (TPSA) is 92.2 Å². The van der Waals surface area contributed by atoms with Crippen LogP contribution in [0.2, 0.25) is 10.0 Å². The molecule has 3 amide bonds. The summed E-state index contributed by atoms with van der Waals surface area (Å²) in [7, 11) is 0. The van der Waals surface area contributed by atoms with Crippen LogP contribution in [-0.2, 0) is 9.59 Å². The SMILES string of the molecule is CC(C)CCNC(=O)C(=O)Nn1c(C(=O)Nc2cc(Cl)cc(Cl)c2)cc2cc(Br)ccc21. The van der Waals surface area contributed by atoms with Crippen LogP contribution >= 0.6 is 39.1 Å². The summed E-state index contributed by atoms with van der Waals surface area (Å²) in [5.74, 6) is -1.79. The van der Waals surface area contributed by atoms with Gasteiger partial charge in [0.25, 0.3) is 5.91 Å². The van der Waals surface area contributed by atoms with Crippen molar-refractivity contribution in [3.8, 4) is 0 Å². The van der Waals surface area contributed by atoms with Crippen molar-refractivity contribution in [3.05, 3.63) is 62.7 Å². The van der Waals surface area contributed by atoms with Crippen molar-refractivity contribution in [3.63, 3.8) is 0 Å². The highest BCUT2D eigenvalue weighted by Crippen LogP contribution is 2.26. The number of anilines is 1. The summed E-state index contributed by atoms with van der Waals surface area (Å²) < 4.78 is 2.08. The van der Waals surface area contributed by atoms with E-state index in [1.807, 2.05) is 13.8 Å². The minimum atomic E-state index is -0.881. The maximum atomic E-state index is 13.0. The predicted octanol–water partition coefficient (Wildman–Crippen LogP) is 5.20. The molecule has 0 spiro atoms. The Kier molecular flexibility index (Phi) is 7.82. The van der Waals surface area contributed by atoms with Crippen LogP contribution in [0.5, 0.6) is 0 Å².